The Morgan fingerprint density at radius 1 is 1.11 bits per heavy atom. The van der Waals surface area contributed by atoms with Gasteiger partial charge in [0.15, 0.2) is 0 Å². The van der Waals surface area contributed by atoms with E-state index in [2.05, 4.69) is 58.8 Å². The molecule has 0 aromatic carbocycles. The Hall–Kier alpha value is -0.0800. The molecule has 0 amide bonds. The lowest BCUT2D eigenvalue weighted by Gasteiger charge is -2.45. The molecule has 1 aliphatic rings. The summed E-state index contributed by atoms with van der Waals surface area (Å²) in [6, 6.07) is 1.41. The standard InChI is InChI=1S/C16H34N2/c1-11(2)15(12(3)4)10-18-9-8-16(17-7)13(5)14(18)6/h11-17H,8-10H2,1-7H3. The molecule has 1 saturated heterocycles. The first-order chi connectivity index (χ1) is 8.38. The summed E-state index contributed by atoms with van der Waals surface area (Å²) in [5.74, 6) is 3.15. The predicted molar refractivity (Wildman–Crippen MR) is 80.8 cm³/mol. The van der Waals surface area contributed by atoms with Gasteiger partial charge in [0.2, 0.25) is 0 Å². The zero-order valence-corrected chi connectivity index (χ0v) is 13.5. The van der Waals surface area contributed by atoms with Gasteiger partial charge in [-0.3, -0.25) is 4.90 Å². The molecule has 0 saturated carbocycles. The summed E-state index contributed by atoms with van der Waals surface area (Å²) in [5, 5.41) is 3.48. The van der Waals surface area contributed by atoms with Crippen LogP contribution in [-0.2, 0) is 0 Å². The molecule has 1 heterocycles. The Bertz CT molecular complexity index is 229. The van der Waals surface area contributed by atoms with E-state index in [-0.39, 0.29) is 0 Å². The van der Waals surface area contributed by atoms with Gasteiger partial charge in [-0.15, -0.1) is 0 Å². The van der Waals surface area contributed by atoms with Gasteiger partial charge in [0, 0.05) is 18.6 Å². The topological polar surface area (TPSA) is 15.3 Å². The second kappa shape index (κ2) is 6.91. The third-order valence-corrected chi connectivity index (χ3v) is 5.23. The minimum atomic E-state index is 0.702. The molecular weight excluding hydrogens is 220 g/mol. The molecule has 0 bridgehead atoms. The minimum absolute atomic E-state index is 0.702. The van der Waals surface area contributed by atoms with Crippen molar-refractivity contribution in [2.75, 3.05) is 20.1 Å². The van der Waals surface area contributed by atoms with Gasteiger partial charge >= 0.3 is 0 Å². The Morgan fingerprint density at radius 2 is 1.67 bits per heavy atom. The number of hydrogen-bond donors (Lipinski definition) is 1. The van der Waals surface area contributed by atoms with Crippen LogP contribution >= 0.6 is 0 Å². The molecule has 0 radical (unpaired) electrons. The van der Waals surface area contributed by atoms with Crippen LogP contribution in [0, 0.1) is 23.7 Å². The van der Waals surface area contributed by atoms with Crippen molar-refractivity contribution in [3.8, 4) is 0 Å². The molecule has 1 rings (SSSR count). The van der Waals surface area contributed by atoms with Crippen molar-refractivity contribution in [3.05, 3.63) is 0 Å². The molecule has 3 unspecified atom stereocenters. The second-order valence-corrected chi connectivity index (χ2v) is 6.93. The molecule has 2 nitrogen and oxygen atoms in total. The smallest absolute Gasteiger partial charge is 0.0117 e. The highest BCUT2D eigenvalue weighted by Gasteiger charge is 2.33. The summed E-state index contributed by atoms with van der Waals surface area (Å²) in [5.41, 5.74) is 0. The quantitative estimate of drug-likeness (QED) is 0.810. The molecule has 0 aromatic rings. The lowest BCUT2D eigenvalue weighted by molar-refractivity contribution is 0.0547. The number of rotatable bonds is 5. The van der Waals surface area contributed by atoms with E-state index in [9.17, 15) is 0 Å². The Morgan fingerprint density at radius 3 is 2.11 bits per heavy atom. The average Bonchev–Trinajstić information content (AvgIpc) is 2.30. The Balaban J connectivity index is 2.62. The van der Waals surface area contributed by atoms with Gasteiger partial charge in [-0.2, -0.15) is 0 Å². The molecule has 1 N–H and O–H groups in total. The summed E-state index contributed by atoms with van der Waals surface area (Å²) in [7, 11) is 2.11. The summed E-state index contributed by atoms with van der Waals surface area (Å²) < 4.78 is 0. The second-order valence-electron chi connectivity index (χ2n) is 6.93. The Kier molecular flexibility index (Phi) is 6.13. The number of likely N-dealkylation sites (tertiary alicyclic amines) is 1. The summed E-state index contributed by atoms with van der Waals surface area (Å²) in [6.07, 6.45) is 1.30. The van der Waals surface area contributed by atoms with Crippen LogP contribution in [0.15, 0.2) is 0 Å². The first-order valence-corrected chi connectivity index (χ1v) is 7.79. The number of nitrogens with one attached hydrogen (secondary N) is 1. The largest absolute Gasteiger partial charge is 0.317 e. The first-order valence-electron chi connectivity index (χ1n) is 7.79. The molecule has 0 aliphatic carbocycles. The normalized spacial score (nSPS) is 30.7. The van der Waals surface area contributed by atoms with E-state index in [0.29, 0.717) is 12.1 Å². The van der Waals surface area contributed by atoms with Crippen LogP contribution < -0.4 is 5.32 Å². The molecule has 0 spiro atoms. The molecular formula is C16H34N2. The molecule has 2 heteroatoms. The molecule has 1 fully saturated rings. The van der Waals surface area contributed by atoms with Crippen LogP contribution in [0.4, 0.5) is 0 Å². The van der Waals surface area contributed by atoms with Crippen molar-refractivity contribution in [3.63, 3.8) is 0 Å². The van der Waals surface area contributed by atoms with Crippen LogP contribution in [-0.4, -0.2) is 37.1 Å². The fraction of sp³-hybridized carbons (Fsp3) is 1.00. The van der Waals surface area contributed by atoms with Crippen LogP contribution in [0.1, 0.15) is 48.0 Å². The van der Waals surface area contributed by atoms with Crippen LogP contribution in [0.3, 0.4) is 0 Å². The van der Waals surface area contributed by atoms with Crippen molar-refractivity contribution >= 4 is 0 Å². The highest BCUT2D eigenvalue weighted by molar-refractivity contribution is 4.89. The van der Waals surface area contributed by atoms with Crippen LogP contribution in [0.5, 0.6) is 0 Å². The fourth-order valence-corrected chi connectivity index (χ4v) is 3.57. The molecule has 0 aromatic heterocycles. The SMILES string of the molecule is CNC1CCN(CC(C(C)C)C(C)C)C(C)C1C. The number of piperidine rings is 1. The van der Waals surface area contributed by atoms with Gasteiger partial charge in [0.1, 0.15) is 0 Å². The monoisotopic (exact) mass is 254 g/mol. The van der Waals surface area contributed by atoms with Gasteiger partial charge in [-0.25, -0.2) is 0 Å². The van der Waals surface area contributed by atoms with E-state index >= 15 is 0 Å². The van der Waals surface area contributed by atoms with E-state index in [1.807, 2.05) is 0 Å². The van der Waals surface area contributed by atoms with Crippen molar-refractivity contribution in [1.29, 1.82) is 0 Å². The highest BCUT2D eigenvalue weighted by atomic mass is 15.2. The average molecular weight is 254 g/mol. The summed E-state index contributed by atoms with van der Waals surface area (Å²) in [6.45, 7) is 16.8. The highest BCUT2D eigenvalue weighted by Crippen LogP contribution is 2.28. The lowest BCUT2D eigenvalue weighted by atomic mass is 9.82. The maximum atomic E-state index is 3.48. The van der Waals surface area contributed by atoms with Crippen LogP contribution in [0.2, 0.25) is 0 Å². The van der Waals surface area contributed by atoms with Gasteiger partial charge in [-0.1, -0.05) is 34.6 Å². The third-order valence-electron chi connectivity index (χ3n) is 5.23. The van der Waals surface area contributed by atoms with Crippen LogP contribution in [0.25, 0.3) is 0 Å². The van der Waals surface area contributed by atoms with Crippen molar-refractivity contribution < 1.29 is 0 Å². The minimum Gasteiger partial charge on any atom is -0.317 e. The third kappa shape index (κ3) is 3.71. The van der Waals surface area contributed by atoms with Gasteiger partial charge in [-0.05, 0) is 50.6 Å². The summed E-state index contributed by atoms with van der Waals surface area (Å²) in [4.78, 5) is 2.73. The van der Waals surface area contributed by atoms with E-state index in [1.165, 1.54) is 19.5 Å². The predicted octanol–water partition coefficient (Wildman–Crippen LogP) is 3.23. The number of hydrogen-bond acceptors (Lipinski definition) is 2. The molecule has 108 valence electrons. The van der Waals surface area contributed by atoms with Gasteiger partial charge in [0.25, 0.3) is 0 Å². The van der Waals surface area contributed by atoms with Crippen molar-refractivity contribution in [1.82, 2.24) is 10.2 Å². The van der Waals surface area contributed by atoms with Crippen molar-refractivity contribution in [2.24, 2.45) is 23.7 Å². The van der Waals surface area contributed by atoms with E-state index in [1.54, 1.807) is 0 Å². The molecule has 3 atom stereocenters. The maximum absolute atomic E-state index is 3.48. The molecule has 18 heavy (non-hydrogen) atoms. The molecule has 1 aliphatic heterocycles. The van der Waals surface area contributed by atoms with E-state index in [4.69, 9.17) is 0 Å². The van der Waals surface area contributed by atoms with Gasteiger partial charge in [0.05, 0.1) is 0 Å². The van der Waals surface area contributed by atoms with E-state index < -0.39 is 0 Å². The Labute approximate surface area is 115 Å². The van der Waals surface area contributed by atoms with E-state index in [0.717, 1.165) is 23.7 Å². The number of nitrogens with zero attached hydrogens (tertiary/aromatic N) is 1. The zero-order chi connectivity index (χ0) is 13.9. The fourth-order valence-electron chi connectivity index (χ4n) is 3.57. The van der Waals surface area contributed by atoms with Gasteiger partial charge < -0.3 is 5.32 Å². The lowest BCUT2D eigenvalue weighted by Crippen LogP contribution is -2.54. The first kappa shape index (κ1) is 16.0. The van der Waals surface area contributed by atoms with Crippen molar-refractivity contribution in [2.45, 2.75) is 60.0 Å². The summed E-state index contributed by atoms with van der Waals surface area (Å²) >= 11 is 0. The zero-order valence-electron chi connectivity index (χ0n) is 13.5. The maximum Gasteiger partial charge on any atom is 0.0117 e.